The lowest BCUT2D eigenvalue weighted by Gasteiger charge is -2.29. The van der Waals surface area contributed by atoms with Crippen molar-refractivity contribution in [1.29, 1.82) is 0 Å². The van der Waals surface area contributed by atoms with E-state index in [4.69, 9.17) is 0 Å². The highest BCUT2D eigenvalue weighted by Gasteiger charge is 2.30. The van der Waals surface area contributed by atoms with Crippen LogP contribution in [0.3, 0.4) is 0 Å². The summed E-state index contributed by atoms with van der Waals surface area (Å²) in [5.74, 6) is 0.118. The molecule has 2 heterocycles. The molecule has 0 fully saturated rings. The Bertz CT molecular complexity index is 1560. The minimum atomic E-state index is -0.820. The lowest BCUT2D eigenvalue weighted by molar-refractivity contribution is -0.127. The van der Waals surface area contributed by atoms with Crippen LogP contribution in [0.4, 0.5) is 5.69 Å². The third kappa shape index (κ3) is 6.79. The van der Waals surface area contributed by atoms with E-state index in [1.54, 1.807) is 17.9 Å². The van der Waals surface area contributed by atoms with Crippen LogP contribution in [0.25, 0.3) is 28.6 Å². The van der Waals surface area contributed by atoms with Gasteiger partial charge in [0.2, 0.25) is 5.91 Å². The van der Waals surface area contributed by atoms with E-state index in [0.29, 0.717) is 18.9 Å². The molecule has 2 atom stereocenters. The molecule has 3 aromatic carbocycles. The minimum absolute atomic E-state index is 0.150. The van der Waals surface area contributed by atoms with Crippen LogP contribution >= 0.6 is 0 Å². The Labute approximate surface area is 244 Å². The van der Waals surface area contributed by atoms with Crippen LogP contribution < -0.4 is 15.5 Å². The van der Waals surface area contributed by atoms with Gasteiger partial charge in [-0.3, -0.25) is 9.59 Å². The summed E-state index contributed by atoms with van der Waals surface area (Å²) in [7, 11) is 0. The zero-order valence-corrected chi connectivity index (χ0v) is 23.9. The van der Waals surface area contributed by atoms with Gasteiger partial charge in [-0.2, -0.15) is 0 Å². The van der Waals surface area contributed by atoms with Crippen LogP contribution in [0, 0.1) is 0 Å². The van der Waals surface area contributed by atoms with Gasteiger partial charge in [0.1, 0.15) is 6.04 Å². The van der Waals surface area contributed by atoms with Crippen molar-refractivity contribution in [2.24, 2.45) is 0 Å². The van der Waals surface area contributed by atoms with Gasteiger partial charge < -0.3 is 20.6 Å². The van der Waals surface area contributed by atoms with Gasteiger partial charge in [0.15, 0.2) is 5.82 Å². The van der Waals surface area contributed by atoms with E-state index in [1.165, 1.54) is 0 Å². The molecule has 4 N–H and O–H groups in total. The van der Waals surface area contributed by atoms with E-state index >= 15 is 0 Å². The Morgan fingerprint density at radius 1 is 1.05 bits per heavy atom. The van der Waals surface area contributed by atoms with Crippen molar-refractivity contribution in [2.45, 2.75) is 51.4 Å². The van der Waals surface area contributed by atoms with Gasteiger partial charge in [0.25, 0.3) is 5.91 Å². The second-order valence-electron chi connectivity index (χ2n) is 11.2. The molecule has 5 rings (SSSR count). The Balaban J connectivity index is 1.35. The number of aromatic amines is 1. The Kier molecular flexibility index (Phi) is 8.56. The molecular formula is C32H35N7O3. The number of nitrogens with zero attached hydrogens (tertiary/aromatic N) is 4. The second kappa shape index (κ2) is 12.5. The number of aromatic nitrogens is 4. The Morgan fingerprint density at radius 3 is 2.48 bits per heavy atom. The van der Waals surface area contributed by atoms with Crippen molar-refractivity contribution in [3.8, 4) is 22.5 Å². The average molecular weight is 566 g/mol. The lowest BCUT2D eigenvalue weighted by atomic mass is 9.98. The van der Waals surface area contributed by atoms with Crippen molar-refractivity contribution in [3.63, 3.8) is 0 Å². The topological polar surface area (TPSA) is 136 Å². The van der Waals surface area contributed by atoms with Crippen molar-refractivity contribution in [2.75, 3.05) is 11.4 Å². The Hall–Kier alpha value is -4.67. The molecule has 0 saturated carbocycles. The van der Waals surface area contributed by atoms with Gasteiger partial charge >= 0.3 is 0 Å². The molecule has 1 aliphatic rings. The fraction of sp³-hybridized carbons (Fsp3) is 0.281. The van der Waals surface area contributed by atoms with Crippen LogP contribution in [0.1, 0.15) is 38.3 Å². The number of carbonyl (C=O) groups excluding carboxylic acids is 2. The summed E-state index contributed by atoms with van der Waals surface area (Å²) in [5.41, 5.74) is 4.93. The number of tetrazole rings is 1. The number of fused-ring (bicyclic) bond motifs is 1. The number of hydrogen-bond acceptors (Lipinski definition) is 7. The van der Waals surface area contributed by atoms with Crippen LogP contribution in [0.15, 0.2) is 78.9 Å². The van der Waals surface area contributed by atoms with E-state index in [2.05, 4.69) is 31.3 Å². The van der Waals surface area contributed by atoms with E-state index in [9.17, 15) is 14.7 Å². The highest BCUT2D eigenvalue weighted by atomic mass is 16.3. The molecular weight excluding hydrogens is 530 g/mol. The maximum Gasteiger partial charge on any atom is 0.253 e. The zero-order valence-electron chi connectivity index (χ0n) is 23.9. The minimum Gasteiger partial charge on any atom is -0.392 e. The van der Waals surface area contributed by atoms with Gasteiger partial charge in [0, 0.05) is 24.1 Å². The smallest absolute Gasteiger partial charge is 0.253 e. The molecule has 10 nitrogen and oxygen atoms in total. The quantitative estimate of drug-likeness (QED) is 0.230. The molecule has 42 heavy (non-hydrogen) atoms. The molecule has 0 unspecified atom stereocenters. The number of amides is 2. The van der Waals surface area contributed by atoms with Crippen molar-refractivity contribution < 1.29 is 14.7 Å². The molecule has 0 spiro atoms. The number of para-hydroxylation sites is 1. The van der Waals surface area contributed by atoms with Gasteiger partial charge in [-0.15, -0.1) is 5.10 Å². The van der Waals surface area contributed by atoms with Crippen molar-refractivity contribution in [3.05, 3.63) is 90.0 Å². The number of β-amino-alcohol motifs (C(OH)–C–C–N with tert-alkyl or cyclic N) is 1. The van der Waals surface area contributed by atoms with Gasteiger partial charge in [0.05, 0.1) is 18.3 Å². The number of hydrogen-bond donors (Lipinski definition) is 4. The fourth-order valence-electron chi connectivity index (χ4n) is 5.02. The monoisotopic (exact) mass is 565 g/mol. The van der Waals surface area contributed by atoms with Crippen molar-refractivity contribution >= 4 is 23.6 Å². The molecule has 4 aromatic rings. The summed E-state index contributed by atoms with van der Waals surface area (Å²) in [6.07, 6.45) is 3.25. The first-order chi connectivity index (χ1) is 20.2. The van der Waals surface area contributed by atoms with Crippen LogP contribution in [0.2, 0.25) is 0 Å². The number of benzene rings is 3. The molecule has 0 radical (unpaired) electrons. The average Bonchev–Trinajstić information content (AvgIpc) is 3.48. The predicted octanol–water partition coefficient (Wildman–Crippen LogP) is 3.72. The molecule has 0 saturated heterocycles. The summed E-state index contributed by atoms with van der Waals surface area (Å²) >= 11 is 0. The van der Waals surface area contributed by atoms with E-state index < -0.39 is 17.7 Å². The number of aliphatic hydroxyl groups excluding tert-OH is 1. The van der Waals surface area contributed by atoms with Gasteiger partial charge in [-0.1, -0.05) is 78.9 Å². The normalized spacial score (nSPS) is 15.7. The number of carbonyl (C=O) groups is 2. The molecule has 2 amide bonds. The first-order valence-corrected chi connectivity index (χ1v) is 13.9. The largest absolute Gasteiger partial charge is 0.392 e. The molecule has 1 aromatic heterocycles. The highest BCUT2D eigenvalue weighted by molar-refractivity contribution is 6.04. The standard InChI is InChI=1S/C32H35N7O3/c1-21(40)19-33-32(2,3)18-29(41)34-27-17-16-24-8-4-7-11-28(24)39(31(27)42)20-22-12-14-23(15-13-22)25-9-5-6-10-26(25)30-35-37-38-36-30/h4-17,21,27,33,40H,18-20H2,1-3H3,(H,34,41)(H,35,36,37,38)/t21-,27-/m1/s1. The summed E-state index contributed by atoms with van der Waals surface area (Å²) in [4.78, 5) is 28.6. The zero-order chi connectivity index (χ0) is 29.7. The number of anilines is 1. The number of nitrogens with one attached hydrogen (secondary N) is 3. The summed E-state index contributed by atoms with van der Waals surface area (Å²) in [5, 5.41) is 30.0. The van der Waals surface area contributed by atoms with E-state index in [1.807, 2.05) is 92.7 Å². The third-order valence-electron chi connectivity index (χ3n) is 7.16. The number of rotatable bonds is 10. The van der Waals surface area contributed by atoms with Gasteiger partial charge in [-0.05, 0) is 59.5 Å². The summed E-state index contributed by atoms with van der Waals surface area (Å²) in [6, 6.07) is 22.8. The fourth-order valence-corrected chi connectivity index (χ4v) is 5.02. The van der Waals surface area contributed by atoms with Gasteiger partial charge in [-0.25, -0.2) is 5.10 Å². The number of H-pyrrole nitrogens is 1. The van der Waals surface area contributed by atoms with E-state index in [0.717, 1.165) is 33.5 Å². The predicted molar refractivity (Wildman–Crippen MR) is 162 cm³/mol. The van der Waals surface area contributed by atoms with E-state index in [-0.39, 0.29) is 18.2 Å². The molecule has 1 aliphatic heterocycles. The molecule has 0 bridgehead atoms. The number of aliphatic hydroxyl groups is 1. The summed E-state index contributed by atoms with van der Waals surface area (Å²) in [6.45, 7) is 6.18. The van der Waals surface area contributed by atoms with Crippen LogP contribution in [-0.2, 0) is 16.1 Å². The lowest BCUT2D eigenvalue weighted by Crippen LogP contribution is -2.51. The molecule has 0 aliphatic carbocycles. The van der Waals surface area contributed by atoms with Crippen molar-refractivity contribution in [1.82, 2.24) is 31.3 Å². The first-order valence-electron chi connectivity index (χ1n) is 13.9. The van der Waals surface area contributed by atoms with Crippen LogP contribution in [-0.4, -0.2) is 61.8 Å². The first kappa shape index (κ1) is 28.8. The highest BCUT2D eigenvalue weighted by Crippen LogP contribution is 2.31. The maximum atomic E-state index is 13.9. The SMILES string of the molecule is C[C@@H](O)CNC(C)(C)CC(=O)N[C@@H]1C=Cc2ccccc2N(Cc2ccc(-c3ccccc3-c3nnn[nH]3)cc2)C1=O. The third-order valence-corrected chi connectivity index (χ3v) is 7.16. The Morgan fingerprint density at radius 2 is 1.76 bits per heavy atom. The molecule has 10 heteroatoms. The summed E-state index contributed by atoms with van der Waals surface area (Å²) < 4.78 is 0. The van der Waals surface area contributed by atoms with Crippen LogP contribution in [0.5, 0.6) is 0 Å². The molecule has 216 valence electrons. The maximum absolute atomic E-state index is 13.9. The second-order valence-corrected chi connectivity index (χ2v) is 11.2.